The van der Waals surface area contributed by atoms with Crippen LogP contribution >= 0.6 is 0 Å². The third-order valence-electron chi connectivity index (χ3n) is 2.28. The van der Waals surface area contributed by atoms with E-state index in [1.807, 2.05) is 68.4 Å². The lowest BCUT2D eigenvalue weighted by atomic mass is 10.2. The molecule has 0 N–H and O–H groups in total. The van der Waals surface area contributed by atoms with Crippen LogP contribution in [0.15, 0.2) is 64.8 Å². The first-order chi connectivity index (χ1) is 9.38. The number of methoxy groups -OCH3 is 1. The Morgan fingerprint density at radius 1 is 0.789 bits per heavy atom. The zero-order chi connectivity index (χ0) is 13.9. The lowest BCUT2D eigenvalue weighted by Gasteiger charge is -1.98. The van der Waals surface area contributed by atoms with E-state index in [-0.39, 0.29) is 0 Å². The predicted octanol–water partition coefficient (Wildman–Crippen LogP) is 5.27. The number of rotatable bonds is 4. The average Bonchev–Trinajstić information content (AvgIpc) is 2.50. The van der Waals surface area contributed by atoms with Crippen molar-refractivity contribution in [1.29, 1.82) is 0 Å². The maximum Gasteiger partial charge on any atom is 0.0857 e. The van der Waals surface area contributed by atoms with Gasteiger partial charge in [0.05, 0.1) is 18.0 Å². The van der Waals surface area contributed by atoms with Crippen LogP contribution in [0.3, 0.4) is 0 Å². The molecule has 0 fully saturated rings. The third kappa shape index (κ3) is 5.44. The Morgan fingerprint density at radius 3 is 1.84 bits per heavy atom. The number of hydrogen-bond acceptors (Lipinski definition) is 3. The molecule has 0 aliphatic carbocycles. The van der Waals surface area contributed by atoms with Gasteiger partial charge in [0.15, 0.2) is 0 Å². The Kier molecular flexibility index (Phi) is 7.13. The Morgan fingerprint density at radius 2 is 1.32 bits per heavy atom. The summed E-state index contributed by atoms with van der Waals surface area (Å²) in [5.41, 5.74) is 2.83. The molecule has 0 atom stereocenters. The van der Waals surface area contributed by atoms with E-state index >= 15 is 0 Å². The summed E-state index contributed by atoms with van der Waals surface area (Å²) in [6, 6.07) is 17.5. The fourth-order valence-electron chi connectivity index (χ4n) is 1.44. The molecule has 0 heterocycles. The Bertz CT molecular complexity index is 478. The minimum atomic E-state index is 0.621. The van der Waals surface area contributed by atoms with Gasteiger partial charge in [0.25, 0.3) is 0 Å². The van der Waals surface area contributed by atoms with E-state index in [2.05, 4.69) is 10.2 Å². The first-order valence-corrected chi connectivity index (χ1v) is 6.43. The van der Waals surface area contributed by atoms with Crippen molar-refractivity contribution in [2.24, 2.45) is 10.2 Å². The smallest absolute Gasteiger partial charge is 0.0857 e. The average molecular weight is 256 g/mol. The fourth-order valence-corrected chi connectivity index (χ4v) is 1.44. The molecule has 0 unspecified atom stereocenters. The summed E-state index contributed by atoms with van der Waals surface area (Å²) in [7, 11) is 1.68. The summed E-state index contributed by atoms with van der Waals surface area (Å²) in [6.07, 6.45) is 0. The molecule has 0 radical (unpaired) electrons. The van der Waals surface area contributed by atoms with E-state index in [0.717, 1.165) is 16.9 Å². The van der Waals surface area contributed by atoms with E-state index in [4.69, 9.17) is 4.74 Å². The molecule has 0 amide bonds. The maximum absolute atomic E-state index is 5.04. The van der Waals surface area contributed by atoms with Crippen LogP contribution in [0, 0.1) is 0 Å². The maximum atomic E-state index is 5.04. The van der Waals surface area contributed by atoms with Crippen molar-refractivity contribution in [2.75, 3.05) is 7.11 Å². The number of azo groups is 1. The summed E-state index contributed by atoms with van der Waals surface area (Å²) in [4.78, 5) is 0. The second-order valence-corrected chi connectivity index (χ2v) is 3.64. The van der Waals surface area contributed by atoms with Crippen molar-refractivity contribution in [3.05, 3.63) is 60.2 Å². The Labute approximate surface area is 115 Å². The van der Waals surface area contributed by atoms with Crippen LogP contribution in [0.1, 0.15) is 19.4 Å². The van der Waals surface area contributed by atoms with Gasteiger partial charge in [-0.25, -0.2) is 0 Å². The lowest BCUT2D eigenvalue weighted by molar-refractivity contribution is 0.185. The number of benzene rings is 2. The first-order valence-electron chi connectivity index (χ1n) is 6.43. The number of ether oxygens (including phenoxy) is 1. The normalized spacial score (nSPS) is 10.1. The topological polar surface area (TPSA) is 34.0 Å². The minimum Gasteiger partial charge on any atom is -0.380 e. The van der Waals surface area contributed by atoms with E-state index in [9.17, 15) is 0 Å². The summed E-state index contributed by atoms with van der Waals surface area (Å²) in [5, 5.41) is 8.31. The molecule has 3 heteroatoms. The third-order valence-corrected chi connectivity index (χ3v) is 2.28. The zero-order valence-corrected chi connectivity index (χ0v) is 11.7. The highest BCUT2D eigenvalue weighted by Crippen LogP contribution is 2.18. The summed E-state index contributed by atoms with van der Waals surface area (Å²) < 4.78 is 5.04. The highest BCUT2D eigenvalue weighted by Gasteiger charge is 1.93. The van der Waals surface area contributed by atoms with Crippen LogP contribution in [0.2, 0.25) is 0 Å². The van der Waals surface area contributed by atoms with E-state index in [1.54, 1.807) is 7.11 Å². The molecule has 0 spiro atoms. The van der Waals surface area contributed by atoms with E-state index in [0.29, 0.717) is 6.61 Å². The lowest BCUT2D eigenvalue weighted by Crippen LogP contribution is -1.84. The van der Waals surface area contributed by atoms with Gasteiger partial charge in [0.1, 0.15) is 0 Å². The quantitative estimate of drug-likeness (QED) is 0.686. The number of nitrogens with zero attached hydrogens (tertiary/aromatic N) is 2. The van der Waals surface area contributed by atoms with Gasteiger partial charge in [0, 0.05) is 7.11 Å². The van der Waals surface area contributed by atoms with Gasteiger partial charge in [-0.1, -0.05) is 44.2 Å². The fraction of sp³-hybridized carbons (Fsp3) is 0.250. The largest absolute Gasteiger partial charge is 0.380 e. The van der Waals surface area contributed by atoms with Crippen LogP contribution < -0.4 is 0 Å². The van der Waals surface area contributed by atoms with Crippen molar-refractivity contribution in [2.45, 2.75) is 20.5 Å². The molecule has 100 valence electrons. The molecule has 19 heavy (non-hydrogen) atoms. The molecule has 0 saturated heterocycles. The molecular weight excluding hydrogens is 236 g/mol. The van der Waals surface area contributed by atoms with Crippen LogP contribution in [-0.4, -0.2) is 7.11 Å². The van der Waals surface area contributed by atoms with Crippen molar-refractivity contribution in [3.8, 4) is 0 Å². The minimum absolute atomic E-state index is 0.621. The van der Waals surface area contributed by atoms with Crippen molar-refractivity contribution < 1.29 is 4.74 Å². The van der Waals surface area contributed by atoms with Crippen molar-refractivity contribution in [1.82, 2.24) is 0 Å². The SMILES string of the molecule is CC.COCc1ccc(N=Nc2ccccc2)cc1. The van der Waals surface area contributed by atoms with Crippen molar-refractivity contribution >= 4 is 11.4 Å². The Hall–Kier alpha value is -2.00. The Balaban J connectivity index is 0.000000861. The molecule has 0 aliphatic rings. The van der Waals surface area contributed by atoms with Gasteiger partial charge in [-0.05, 0) is 29.8 Å². The molecule has 0 saturated carbocycles. The van der Waals surface area contributed by atoms with Gasteiger partial charge < -0.3 is 4.74 Å². The number of hydrogen-bond donors (Lipinski definition) is 0. The van der Waals surface area contributed by atoms with Gasteiger partial charge >= 0.3 is 0 Å². The standard InChI is InChI=1S/C14H14N2O.C2H6/c1-17-11-12-7-9-14(10-8-12)16-15-13-5-3-2-4-6-13;1-2/h2-10H,11H2,1H3;1-2H3. The molecular formula is C16H20N2O. The molecule has 0 aromatic heterocycles. The summed E-state index contributed by atoms with van der Waals surface area (Å²) in [6.45, 7) is 4.62. The van der Waals surface area contributed by atoms with Crippen molar-refractivity contribution in [3.63, 3.8) is 0 Å². The van der Waals surface area contributed by atoms with Crippen LogP contribution in [0.5, 0.6) is 0 Å². The summed E-state index contributed by atoms with van der Waals surface area (Å²) in [5.74, 6) is 0. The van der Waals surface area contributed by atoms with Gasteiger partial charge in [-0.3, -0.25) is 0 Å². The van der Waals surface area contributed by atoms with Gasteiger partial charge in [-0.2, -0.15) is 10.2 Å². The van der Waals surface area contributed by atoms with Crippen LogP contribution in [0.25, 0.3) is 0 Å². The second-order valence-electron chi connectivity index (χ2n) is 3.64. The van der Waals surface area contributed by atoms with Gasteiger partial charge in [0.2, 0.25) is 0 Å². The monoisotopic (exact) mass is 256 g/mol. The predicted molar refractivity (Wildman–Crippen MR) is 79.1 cm³/mol. The molecule has 0 bridgehead atoms. The first kappa shape index (κ1) is 15.1. The van der Waals surface area contributed by atoms with Crippen LogP contribution in [0.4, 0.5) is 11.4 Å². The van der Waals surface area contributed by atoms with E-state index < -0.39 is 0 Å². The zero-order valence-electron chi connectivity index (χ0n) is 11.7. The van der Waals surface area contributed by atoms with E-state index in [1.165, 1.54) is 0 Å². The second kappa shape index (κ2) is 9.00. The molecule has 2 aromatic rings. The highest BCUT2D eigenvalue weighted by molar-refractivity contribution is 5.40. The molecule has 2 rings (SSSR count). The van der Waals surface area contributed by atoms with Gasteiger partial charge in [-0.15, -0.1) is 0 Å². The molecule has 2 aromatic carbocycles. The van der Waals surface area contributed by atoms with Crippen LogP contribution in [-0.2, 0) is 11.3 Å². The molecule has 0 aliphatic heterocycles. The molecule has 3 nitrogen and oxygen atoms in total. The highest BCUT2D eigenvalue weighted by atomic mass is 16.5. The summed E-state index contributed by atoms with van der Waals surface area (Å²) >= 11 is 0.